The molecule has 0 fully saturated rings. The number of aromatic nitrogens is 1. The molecule has 23 heavy (non-hydrogen) atoms. The minimum absolute atomic E-state index is 0.0568. The van der Waals surface area contributed by atoms with E-state index < -0.39 is 6.09 Å². The second-order valence-corrected chi connectivity index (χ2v) is 5.70. The summed E-state index contributed by atoms with van der Waals surface area (Å²) < 4.78 is 18.3. The highest BCUT2D eigenvalue weighted by Gasteiger charge is 2.26. The molecule has 0 spiro atoms. The molecule has 1 amide bonds. The number of hydrogen-bond acceptors (Lipinski definition) is 4. The maximum absolute atomic E-state index is 13.2. The largest absolute Gasteiger partial charge is 0.444 e. The Morgan fingerprint density at radius 2 is 2.04 bits per heavy atom. The molecular formula is C17H17FN2O3. The minimum Gasteiger partial charge on any atom is -0.444 e. The summed E-state index contributed by atoms with van der Waals surface area (Å²) >= 11 is 0. The normalized spacial score (nSPS) is 13.5. The molecule has 1 aliphatic rings. The first kappa shape index (κ1) is 15.4. The highest BCUT2D eigenvalue weighted by molar-refractivity contribution is 5.89. The average molecular weight is 316 g/mol. The first-order valence-electron chi connectivity index (χ1n) is 7.37. The Morgan fingerprint density at radius 3 is 2.65 bits per heavy atom. The monoisotopic (exact) mass is 316 g/mol. The van der Waals surface area contributed by atoms with Gasteiger partial charge in [-0.2, -0.15) is 0 Å². The van der Waals surface area contributed by atoms with Gasteiger partial charge < -0.3 is 9.84 Å². The summed E-state index contributed by atoms with van der Waals surface area (Å²) in [6, 6.07) is 6.01. The van der Waals surface area contributed by atoms with E-state index in [0.717, 1.165) is 11.1 Å². The van der Waals surface area contributed by atoms with Gasteiger partial charge in [0, 0.05) is 11.1 Å². The van der Waals surface area contributed by atoms with E-state index in [1.54, 1.807) is 12.1 Å². The molecule has 0 saturated heterocycles. The van der Waals surface area contributed by atoms with Crippen LogP contribution in [0.2, 0.25) is 0 Å². The van der Waals surface area contributed by atoms with Crippen molar-refractivity contribution in [2.75, 3.05) is 5.32 Å². The molecule has 2 heterocycles. The number of aliphatic hydroxyl groups excluding tert-OH is 1. The topological polar surface area (TPSA) is 71.5 Å². The number of carbonyl (C=O) groups excluding carboxylic acids is 1. The van der Waals surface area contributed by atoms with Crippen LogP contribution in [0.15, 0.2) is 24.3 Å². The predicted molar refractivity (Wildman–Crippen MR) is 83.5 cm³/mol. The van der Waals surface area contributed by atoms with E-state index in [-0.39, 0.29) is 24.9 Å². The number of carbonyl (C=O) groups is 1. The molecule has 0 aliphatic carbocycles. The van der Waals surface area contributed by atoms with Gasteiger partial charge in [0.15, 0.2) is 0 Å². The number of cyclic esters (lactones) is 1. The molecule has 1 aliphatic heterocycles. The fourth-order valence-electron chi connectivity index (χ4n) is 2.80. The molecule has 0 atom stereocenters. The van der Waals surface area contributed by atoms with Gasteiger partial charge in [-0.25, -0.2) is 14.2 Å². The molecule has 5 nitrogen and oxygen atoms in total. The van der Waals surface area contributed by atoms with Crippen molar-refractivity contribution < 1.29 is 19.0 Å². The van der Waals surface area contributed by atoms with Crippen molar-refractivity contribution >= 4 is 11.9 Å². The molecule has 2 aromatic rings. The van der Waals surface area contributed by atoms with Crippen molar-refractivity contribution in [3.63, 3.8) is 0 Å². The molecular weight excluding hydrogens is 299 g/mol. The number of rotatable bonds is 3. The van der Waals surface area contributed by atoms with E-state index in [1.165, 1.54) is 12.1 Å². The van der Waals surface area contributed by atoms with Crippen molar-refractivity contribution in [2.24, 2.45) is 0 Å². The summed E-state index contributed by atoms with van der Waals surface area (Å²) in [5.41, 5.74) is 3.54. The van der Waals surface area contributed by atoms with Gasteiger partial charge in [-0.3, -0.25) is 5.32 Å². The Balaban J connectivity index is 2.30. The number of hydrogen-bond donors (Lipinski definition) is 2. The van der Waals surface area contributed by atoms with Crippen LogP contribution in [0, 0.1) is 5.82 Å². The lowest BCUT2D eigenvalue weighted by molar-refractivity contribution is 0.151. The molecule has 0 unspecified atom stereocenters. The molecule has 2 N–H and O–H groups in total. The van der Waals surface area contributed by atoms with Crippen LogP contribution >= 0.6 is 0 Å². The van der Waals surface area contributed by atoms with Gasteiger partial charge in [-0.05, 0) is 29.2 Å². The number of benzene rings is 1. The predicted octanol–water partition coefficient (Wildman–Crippen LogP) is 3.57. The van der Waals surface area contributed by atoms with Crippen LogP contribution in [0.25, 0.3) is 11.1 Å². The molecule has 120 valence electrons. The Labute approximate surface area is 133 Å². The average Bonchev–Trinajstić information content (AvgIpc) is 2.53. The van der Waals surface area contributed by atoms with Crippen LogP contribution in [0.5, 0.6) is 0 Å². The van der Waals surface area contributed by atoms with E-state index in [0.29, 0.717) is 22.6 Å². The summed E-state index contributed by atoms with van der Waals surface area (Å²) in [6.07, 6.45) is -0.554. The van der Waals surface area contributed by atoms with Crippen molar-refractivity contribution in [1.82, 2.24) is 4.98 Å². The number of ether oxygens (including phenoxy) is 1. The molecule has 6 heteroatoms. The smallest absolute Gasteiger partial charge is 0.413 e. The highest BCUT2D eigenvalue weighted by Crippen LogP contribution is 2.38. The molecule has 3 rings (SSSR count). The maximum Gasteiger partial charge on any atom is 0.413 e. The Hall–Kier alpha value is -2.47. The summed E-state index contributed by atoms with van der Waals surface area (Å²) in [7, 11) is 0. The Bertz CT molecular complexity index is 757. The zero-order valence-corrected chi connectivity index (χ0v) is 12.9. The summed E-state index contributed by atoms with van der Waals surface area (Å²) in [4.78, 5) is 16.0. The number of halogens is 1. The van der Waals surface area contributed by atoms with Gasteiger partial charge >= 0.3 is 6.09 Å². The van der Waals surface area contributed by atoms with Crippen LogP contribution in [0.3, 0.4) is 0 Å². The number of pyridine rings is 1. The second-order valence-electron chi connectivity index (χ2n) is 5.70. The highest BCUT2D eigenvalue weighted by atomic mass is 19.1. The fourth-order valence-corrected chi connectivity index (χ4v) is 2.80. The standard InChI is InChI=1S/C17H17FN2O3/c1-9(2)15-12(7-21)14(10-3-5-11(18)6-4-10)13-8-23-17(22)20-16(13)19-15/h3-6,9,21H,7-8H2,1-2H3,(H,19,20,22). The van der Waals surface area contributed by atoms with Gasteiger partial charge in [-0.15, -0.1) is 0 Å². The quantitative estimate of drug-likeness (QED) is 0.908. The zero-order valence-electron chi connectivity index (χ0n) is 12.9. The second kappa shape index (κ2) is 5.96. The third kappa shape index (κ3) is 2.77. The SMILES string of the molecule is CC(C)c1nc2c(c(-c3ccc(F)cc3)c1CO)COC(=O)N2. The Morgan fingerprint density at radius 1 is 1.35 bits per heavy atom. The lowest BCUT2D eigenvalue weighted by atomic mass is 9.90. The van der Waals surface area contributed by atoms with Crippen LogP contribution in [-0.4, -0.2) is 16.2 Å². The van der Waals surface area contributed by atoms with Crippen molar-refractivity contribution in [1.29, 1.82) is 0 Å². The van der Waals surface area contributed by atoms with Gasteiger partial charge in [-0.1, -0.05) is 26.0 Å². The van der Waals surface area contributed by atoms with Crippen LogP contribution in [0.4, 0.5) is 15.0 Å². The van der Waals surface area contributed by atoms with Gasteiger partial charge in [0.1, 0.15) is 18.2 Å². The van der Waals surface area contributed by atoms with Crippen molar-refractivity contribution in [3.8, 4) is 11.1 Å². The number of nitrogens with zero attached hydrogens (tertiary/aromatic N) is 1. The zero-order chi connectivity index (χ0) is 16.6. The number of anilines is 1. The third-order valence-electron chi connectivity index (χ3n) is 3.84. The summed E-state index contributed by atoms with van der Waals surface area (Å²) in [6.45, 7) is 3.79. The Kier molecular flexibility index (Phi) is 4.00. The summed E-state index contributed by atoms with van der Waals surface area (Å²) in [5.74, 6) is 0.152. The van der Waals surface area contributed by atoms with Crippen LogP contribution in [0.1, 0.15) is 36.6 Å². The van der Waals surface area contributed by atoms with Gasteiger partial charge in [0.05, 0.1) is 12.3 Å². The van der Waals surface area contributed by atoms with Crippen LogP contribution in [-0.2, 0) is 18.0 Å². The third-order valence-corrected chi connectivity index (χ3v) is 3.84. The van der Waals surface area contributed by atoms with E-state index >= 15 is 0 Å². The lowest BCUT2D eigenvalue weighted by Gasteiger charge is -2.25. The summed E-state index contributed by atoms with van der Waals surface area (Å²) in [5, 5.41) is 12.5. The van der Waals surface area contributed by atoms with E-state index in [2.05, 4.69) is 10.3 Å². The van der Waals surface area contributed by atoms with Gasteiger partial charge in [0.25, 0.3) is 0 Å². The van der Waals surface area contributed by atoms with Crippen LogP contribution < -0.4 is 5.32 Å². The number of amides is 1. The minimum atomic E-state index is -0.554. The number of fused-ring (bicyclic) bond motifs is 1. The molecule has 0 saturated carbocycles. The number of aliphatic hydroxyl groups is 1. The fraction of sp³-hybridized carbons (Fsp3) is 0.294. The van der Waals surface area contributed by atoms with Gasteiger partial charge in [0.2, 0.25) is 0 Å². The molecule has 1 aromatic carbocycles. The molecule has 0 radical (unpaired) electrons. The van der Waals surface area contributed by atoms with E-state index in [9.17, 15) is 14.3 Å². The molecule has 0 bridgehead atoms. The molecule has 1 aromatic heterocycles. The number of nitrogens with one attached hydrogen (secondary N) is 1. The van der Waals surface area contributed by atoms with Crippen molar-refractivity contribution in [2.45, 2.75) is 33.0 Å². The maximum atomic E-state index is 13.2. The van der Waals surface area contributed by atoms with E-state index in [4.69, 9.17) is 4.74 Å². The lowest BCUT2D eigenvalue weighted by Crippen LogP contribution is -2.24. The van der Waals surface area contributed by atoms with Crippen molar-refractivity contribution in [3.05, 3.63) is 46.9 Å². The first-order valence-corrected chi connectivity index (χ1v) is 7.37. The first-order chi connectivity index (χ1) is 11.0. The van der Waals surface area contributed by atoms with E-state index in [1.807, 2.05) is 13.8 Å².